The molecule has 0 amide bonds. The number of nitrogens with zero attached hydrogens (tertiary/aromatic N) is 2. The van der Waals surface area contributed by atoms with E-state index in [1.54, 1.807) is 6.07 Å². The highest BCUT2D eigenvalue weighted by Gasteiger charge is 2.25. The van der Waals surface area contributed by atoms with Crippen molar-refractivity contribution in [1.29, 1.82) is 0 Å². The van der Waals surface area contributed by atoms with E-state index >= 15 is 0 Å². The highest BCUT2D eigenvalue weighted by molar-refractivity contribution is 7.15. The van der Waals surface area contributed by atoms with Crippen molar-refractivity contribution < 1.29 is 8.91 Å². The van der Waals surface area contributed by atoms with Gasteiger partial charge in [-0.3, -0.25) is 0 Å². The lowest BCUT2D eigenvalue weighted by molar-refractivity contribution is 0.439. The zero-order valence-corrected chi connectivity index (χ0v) is 12.8. The van der Waals surface area contributed by atoms with Crippen LogP contribution in [0.25, 0.3) is 21.7 Å². The third-order valence-corrected chi connectivity index (χ3v) is 4.44. The molecule has 0 spiro atoms. The maximum Gasteiger partial charge on any atom is 0.230 e. The first-order valence-electron chi connectivity index (χ1n) is 6.13. The Morgan fingerprint density at radius 3 is 2.67 bits per heavy atom. The Labute approximate surface area is 129 Å². The van der Waals surface area contributed by atoms with Crippen LogP contribution in [0, 0.1) is 19.7 Å². The summed E-state index contributed by atoms with van der Waals surface area (Å²) in [5.41, 5.74) is 7.65. The molecule has 0 saturated carbocycles. The van der Waals surface area contributed by atoms with Crippen LogP contribution in [0.2, 0.25) is 5.02 Å². The van der Waals surface area contributed by atoms with Crippen LogP contribution in [0.1, 0.15) is 10.7 Å². The lowest BCUT2D eigenvalue weighted by Crippen LogP contribution is -1.92. The minimum absolute atomic E-state index is 0.0300. The normalized spacial score (nSPS) is 11.0. The van der Waals surface area contributed by atoms with Gasteiger partial charge in [0.1, 0.15) is 11.5 Å². The summed E-state index contributed by atoms with van der Waals surface area (Å²) >= 11 is 7.57. The predicted octanol–water partition coefficient (Wildman–Crippen LogP) is 4.46. The van der Waals surface area contributed by atoms with E-state index in [9.17, 15) is 4.39 Å². The van der Waals surface area contributed by atoms with Crippen LogP contribution < -0.4 is 5.73 Å². The molecule has 1 aromatic carbocycles. The number of halogens is 2. The largest absolute Gasteiger partial charge is 0.367 e. The van der Waals surface area contributed by atoms with Crippen LogP contribution in [-0.2, 0) is 0 Å². The van der Waals surface area contributed by atoms with E-state index in [0.29, 0.717) is 11.3 Å². The summed E-state index contributed by atoms with van der Waals surface area (Å²) in [7, 11) is 0. The van der Waals surface area contributed by atoms with Crippen molar-refractivity contribution in [3.8, 4) is 21.7 Å². The van der Waals surface area contributed by atoms with E-state index in [1.165, 1.54) is 23.5 Å². The molecule has 0 aliphatic heterocycles. The van der Waals surface area contributed by atoms with Gasteiger partial charge in [-0.25, -0.2) is 9.37 Å². The molecule has 0 aliphatic carbocycles. The molecule has 0 aliphatic rings. The fourth-order valence-corrected chi connectivity index (χ4v) is 3.35. The van der Waals surface area contributed by atoms with Gasteiger partial charge in [0.2, 0.25) is 5.88 Å². The Bertz CT molecular complexity index is 807. The molecule has 2 heterocycles. The van der Waals surface area contributed by atoms with E-state index in [-0.39, 0.29) is 16.5 Å². The molecule has 108 valence electrons. The number of hydrogen-bond acceptors (Lipinski definition) is 5. The summed E-state index contributed by atoms with van der Waals surface area (Å²) in [5.74, 6) is -0.444. The van der Waals surface area contributed by atoms with Gasteiger partial charge in [-0.2, -0.15) is 0 Å². The van der Waals surface area contributed by atoms with Gasteiger partial charge < -0.3 is 10.3 Å². The molecule has 2 N–H and O–H groups in total. The molecule has 0 radical (unpaired) electrons. The van der Waals surface area contributed by atoms with E-state index < -0.39 is 5.82 Å². The summed E-state index contributed by atoms with van der Waals surface area (Å²) in [6.45, 7) is 3.75. The first-order valence-corrected chi connectivity index (χ1v) is 7.32. The smallest absolute Gasteiger partial charge is 0.230 e. The number of thiazole rings is 1. The number of rotatable bonds is 2. The molecule has 4 nitrogen and oxygen atoms in total. The van der Waals surface area contributed by atoms with Gasteiger partial charge in [-0.15, -0.1) is 11.3 Å². The van der Waals surface area contributed by atoms with Gasteiger partial charge in [0.25, 0.3) is 0 Å². The standard InChI is InChI=1S/C14H11ClFN3OS/c1-6-13(21-7(2)18-6)12-11(14(17)20-19-12)10-8(15)4-3-5-9(10)16/h3-5H,17H2,1-2H3. The van der Waals surface area contributed by atoms with Gasteiger partial charge >= 0.3 is 0 Å². The van der Waals surface area contributed by atoms with Crippen LogP contribution in [0.4, 0.5) is 10.3 Å². The van der Waals surface area contributed by atoms with Crippen LogP contribution in [0.15, 0.2) is 22.7 Å². The van der Waals surface area contributed by atoms with E-state index in [4.69, 9.17) is 21.9 Å². The Kier molecular flexibility index (Phi) is 3.43. The molecular formula is C14H11ClFN3OS. The molecule has 7 heteroatoms. The van der Waals surface area contributed by atoms with Crippen molar-refractivity contribution in [2.45, 2.75) is 13.8 Å². The fourth-order valence-electron chi connectivity index (χ4n) is 2.19. The maximum absolute atomic E-state index is 14.2. The second kappa shape index (κ2) is 5.13. The summed E-state index contributed by atoms with van der Waals surface area (Å²) in [4.78, 5) is 5.14. The lowest BCUT2D eigenvalue weighted by atomic mass is 10.0. The number of nitrogens with two attached hydrogens (primary N) is 1. The van der Waals surface area contributed by atoms with Crippen molar-refractivity contribution >= 4 is 28.8 Å². The first-order chi connectivity index (χ1) is 9.99. The number of nitrogen functional groups attached to an aromatic ring is 1. The van der Waals surface area contributed by atoms with E-state index in [1.807, 2.05) is 13.8 Å². The third-order valence-electron chi connectivity index (χ3n) is 3.05. The number of anilines is 1. The predicted molar refractivity (Wildman–Crippen MR) is 81.9 cm³/mol. The zero-order valence-electron chi connectivity index (χ0n) is 11.3. The van der Waals surface area contributed by atoms with Crippen molar-refractivity contribution in [3.63, 3.8) is 0 Å². The molecule has 0 atom stereocenters. The highest BCUT2D eigenvalue weighted by atomic mass is 35.5. The lowest BCUT2D eigenvalue weighted by Gasteiger charge is -2.05. The summed E-state index contributed by atoms with van der Waals surface area (Å²) in [6.07, 6.45) is 0. The SMILES string of the molecule is Cc1nc(C)c(-c2noc(N)c2-c2c(F)cccc2Cl)s1. The highest BCUT2D eigenvalue weighted by Crippen LogP contribution is 2.43. The Morgan fingerprint density at radius 1 is 1.29 bits per heavy atom. The van der Waals surface area contributed by atoms with Crippen molar-refractivity contribution in [2.24, 2.45) is 0 Å². The molecule has 0 bridgehead atoms. The monoisotopic (exact) mass is 323 g/mol. The summed E-state index contributed by atoms with van der Waals surface area (Å²) in [5, 5.41) is 5.10. The Morgan fingerprint density at radius 2 is 2.05 bits per heavy atom. The van der Waals surface area contributed by atoms with E-state index in [0.717, 1.165) is 15.6 Å². The fraction of sp³-hybridized carbons (Fsp3) is 0.143. The van der Waals surface area contributed by atoms with E-state index in [2.05, 4.69) is 10.1 Å². The average Bonchev–Trinajstić information content (AvgIpc) is 2.93. The summed E-state index contributed by atoms with van der Waals surface area (Å²) < 4.78 is 19.2. The average molecular weight is 324 g/mol. The topological polar surface area (TPSA) is 64.9 Å². The van der Waals surface area contributed by atoms with Gasteiger partial charge in [-0.05, 0) is 26.0 Å². The number of benzene rings is 1. The quantitative estimate of drug-likeness (QED) is 0.756. The molecule has 2 aromatic heterocycles. The molecule has 0 fully saturated rings. The molecular weight excluding hydrogens is 313 g/mol. The first kappa shape index (κ1) is 14.0. The molecule has 0 saturated heterocycles. The minimum Gasteiger partial charge on any atom is -0.367 e. The molecule has 0 unspecified atom stereocenters. The second-order valence-electron chi connectivity index (χ2n) is 4.51. The second-order valence-corrected chi connectivity index (χ2v) is 6.12. The maximum atomic E-state index is 14.2. The van der Waals surface area contributed by atoms with Gasteiger partial charge in [0, 0.05) is 5.56 Å². The van der Waals surface area contributed by atoms with Gasteiger partial charge in [0.05, 0.1) is 26.2 Å². The summed E-state index contributed by atoms with van der Waals surface area (Å²) in [6, 6.07) is 4.45. The number of aromatic nitrogens is 2. The number of hydrogen-bond donors (Lipinski definition) is 1. The van der Waals surface area contributed by atoms with Crippen LogP contribution in [0.5, 0.6) is 0 Å². The van der Waals surface area contributed by atoms with Crippen molar-refractivity contribution in [1.82, 2.24) is 10.1 Å². The molecule has 3 rings (SSSR count). The zero-order chi connectivity index (χ0) is 15.1. The third kappa shape index (κ3) is 2.30. The molecule has 3 aromatic rings. The number of aryl methyl sites for hydroxylation is 2. The molecule has 21 heavy (non-hydrogen) atoms. The van der Waals surface area contributed by atoms with Crippen molar-refractivity contribution in [3.05, 3.63) is 39.7 Å². The van der Waals surface area contributed by atoms with Crippen LogP contribution >= 0.6 is 22.9 Å². The van der Waals surface area contributed by atoms with Gasteiger partial charge in [0.15, 0.2) is 0 Å². The van der Waals surface area contributed by atoms with Gasteiger partial charge in [-0.1, -0.05) is 22.8 Å². The Hall–Kier alpha value is -1.92. The van der Waals surface area contributed by atoms with Crippen LogP contribution in [-0.4, -0.2) is 10.1 Å². The Balaban J connectivity index is 2.30. The van der Waals surface area contributed by atoms with Crippen LogP contribution in [0.3, 0.4) is 0 Å². The van der Waals surface area contributed by atoms with Crippen molar-refractivity contribution in [2.75, 3.05) is 5.73 Å². The minimum atomic E-state index is -0.474.